The lowest BCUT2D eigenvalue weighted by Gasteiger charge is -2.37. The van der Waals surface area contributed by atoms with Crippen molar-refractivity contribution in [2.24, 2.45) is 0 Å². The fourth-order valence-corrected chi connectivity index (χ4v) is 3.52. The van der Waals surface area contributed by atoms with E-state index in [1.165, 1.54) is 37.9 Å². The van der Waals surface area contributed by atoms with Crippen LogP contribution in [0.4, 0.5) is 0 Å². The maximum Gasteiger partial charge on any atom is 0.0260 e. The molecule has 2 atom stereocenters. The van der Waals surface area contributed by atoms with Crippen molar-refractivity contribution in [3.63, 3.8) is 0 Å². The Morgan fingerprint density at radius 1 is 1.06 bits per heavy atom. The van der Waals surface area contributed by atoms with E-state index < -0.39 is 0 Å². The summed E-state index contributed by atoms with van der Waals surface area (Å²) in [5.41, 5.74) is 1.46. The Labute approximate surface area is 104 Å². The Bertz CT molecular complexity index is 362. The zero-order chi connectivity index (χ0) is 11.7. The number of likely N-dealkylation sites (tertiary alicyclic amines) is 2. The summed E-state index contributed by atoms with van der Waals surface area (Å²) < 4.78 is 0. The van der Waals surface area contributed by atoms with Gasteiger partial charge in [0.25, 0.3) is 0 Å². The molecular weight excluding hydrogens is 208 g/mol. The number of piperidine rings is 1. The standard InChI is InChI=1S/C15H22N2/c1-16-10-5-8-15-14(16)9-11-17(15)12-13-6-3-2-4-7-13/h2-4,6-7,14-15H,5,8-12H2,1H3. The summed E-state index contributed by atoms with van der Waals surface area (Å²) in [5, 5.41) is 0. The predicted octanol–water partition coefficient (Wildman–Crippen LogP) is 2.36. The second-order valence-electron chi connectivity index (χ2n) is 5.50. The molecule has 2 aliphatic heterocycles. The summed E-state index contributed by atoms with van der Waals surface area (Å²) in [5.74, 6) is 0. The third kappa shape index (κ3) is 2.24. The maximum absolute atomic E-state index is 2.69. The molecule has 2 heterocycles. The van der Waals surface area contributed by atoms with Crippen molar-refractivity contribution in [1.82, 2.24) is 9.80 Å². The topological polar surface area (TPSA) is 6.48 Å². The van der Waals surface area contributed by atoms with Gasteiger partial charge < -0.3 is 4.90 Å². The molecule has 0 radical (unpaired) electrons. The number of benzene rings is 1. The quantitative estimate of drug-likeness (QED) is 0.769. The van der Waals surface area contributed by atoms with E-state index in [1.807, 2.05) is 0 Å². The van der Waals surface area contributed by atoms with Gasteiger partial charge in [-0.05, 0) is 38.4 Å². The number of likely N-dealkylation sites (N-methyl/N-ethyl adjacent to an activating group) is 1. The fraction of sp³-hybridized carbons (Fsp3) is 0.600. The summed E-state index contributed by atoms with van der Waals surface area (Å²) in [6.07, 6.45) is 4.11. The van der Waals surface area contributed by atoms with E-state index in [0.717, 1.165) is 18.6 Å². The van der Waals surface area contributed by atoms with Crippen molar-refractivity contribution in [3.8, 4) is 0 Å². The van der Waals surface area contributed by atoms with Gasteiger partial charge >= 0.3 is 0 Å². The summed E-state index contributed by atoms with van der Waals surface area (Å²) in [6.45, 7) is 3.70. The second kappa shape index (κ2) is 4.79. The highest BCUT2D eigenvalue weighted by Crippen LogP contribution is 2.30. The van der Waals surface area contributed by atoms with E-state index in [1.54, 1.807) is 0 Å². The van der Waals surface area contributed by atoms with Crippen molar-refractivity contribution < 1.29 is 0 Å². The number of fused-ring (bicyclic) bond motifs is 1. The van der Waals surface area contributed by atoms with Crippen LogP contribution in [0.5, 0.6) is 0 Å². The number of nitrogens with zero attached hydrogens (tertiary/aromatic N) is 2. The van der Waals surface area contributed by atoms with E-state index in [-0.39, 0.29) is 0 Å². The molecule has 0 bridgehead atoms. The molecule has 2 heteroatoms. The summed E-state index contributed by atoms with van der Waals surface area (Å²) >= 11 is 0. The van der Waals surface area contributed by atoms with Gasteiger partial charge in [-0.25, -0.2) is 0 Å². The zero-order valence-corrected chi connectivity index (χ0v) is 10.7. The molecule has 92 valence electrons. The molecule has 2 aliphatic rings. The Morgan fingerprint density at radius 3 is 2.71 bits per heavy atom. The van der Waals surface area contributed by atoms with Crippen LogP contribution in [0.3, 0.4) is 0 Å². The summed E-state index contributed by atoms with van der Waals surface area (Å²) in [6, 6.07) is 12.5. The van der Waals surface area contributed by atoms with Crippen LogP contribution in [0.2, 0.25) is 0 Å². The first-order chi connectivity index (χ1) is 8.34. The van der Waals surface area contributed by atoms with E-state index in [9.17, 15) is 0 Å². The van der Waals surface area contributed by atoms with Crippen molar-refractivity contribution in [2.45, 2.75) is 37.9 Å². The molecule has 0 N–H and O–H groups in total. The molecule has 0 spiro atoms. The van der Waals surface area contributed by atoms with Crippen molar-refractivity contribution >= 4 is 0 Å². The fourth-order valence-electron chi connectivity index (χ4n) is 3.52. The first-order valence-corrected chi connectivity index (χ1v) is 6.83. The predicted molar refractivity (Wildman–Crippen MR) is 70.9 cm³/mol. The third-order valence-electron chi connectivity index (χ3n) is 4.43. The minimum Gasteiger partial charge on any atom is -0.302 e. The van der Waals surface area contributed by atoms with Gasteiger partial charge in [0, 0.05) is 25.2 Å². The van der Waals surface area contributed by atoms with E-state index in [4.69, 9.17) is 0 Å². The molecule has 2 unspecified atom stereocenters. The van der Waals surface area contributed by atoms with Crippen LogP contribution in [-0.2, 0) is 6.54 Å². The van der Waals surface area contributed by atoms with Crippen LogP contribution in [0.1, 0.15) is 24.8 Å². The Kier molecular flexibility index (Phi) is 3.17. The molecule has 2 fully saturated rings. The first-order valence-electron chi connectivity index (χ1n) is 6.83. The molecular formula is C15H22N2. The van der Waals surface area contributed by atoms with E-state index >= 15 is 0 Å². The molecule has 2 nitrogen and oxygen atoms in total. The lowest BCUT2D eigenvalue weighted by atomic mass is 9.97. The van der Waals surface area contributed by atoms with Gasteiger partial charge in [-0.15, -0.1) is 0 Å². The number of hydrogen-bond acceptors (Lipinski definition) is 2. The van der Waals surface area contributed by atoms with E-state index in [0.29, 0.717) is 0 Å². The van der Waals surface area contributed by atoms with Crippen LogP contribution in [0.15, 0.2) is 30.3 Å². The average molecular weight is 230 g/mol. The molecule has 1 aromatic rings. The molecule has 3 rings (SSSR count). The van der Waals surface area contributed by atoms with Gasteiger partial charge in [0.1, 0.15) is 0 Å². The molecule has 2 saturated heterocycles. The normalized spacial score (nSPS) is 30.4. The van der Waals surface area contributed by atoms with Crippen molar-refractivity contribution in [2.75, 3.05) is 20.1 Å². The smallest absolute Gasteiger partial charge is 0.0260 e. The zero-order valence-electron chi connectivity index (χ0n) is 10.7. The third-order valence-corrected chi connectivity index (χ3v) is 4.43. The lowest BCUT2D eigenvalue weighted by molar-refractivity contribution is 0.113. The SMILES string of the molecule is CN1CCCC2C1CCN2Cc1ccccc1. The molecule has 0 aromatic heterocycles. The van der Waals surface area contributed by atoms with Gasteiger partial charge in [0.05, 0.1) is 0 Å². The molecule has 17 heavy (non-hydrogen) atoms. The van der Waals surface area contributed by atoms with E-state index in [2.05, 4.69) is 47.2 Å². The number of rotatable bonds is 2. The van der Waals surface area contributed by atoms with Gasteiger partial charge in [0.15, 0.2) is 0 Å². The van der Waals surface area contributed by atoms with Gasteiger partial charge in [0.2, 0.25) is 0 Å². The largest absolute Gasteiger partial charge is 0.302 e. The minimum atomic E-state index is 0.800. The van der Waals surface area contributed by atoms with Gasteiger partial charge in [-0.3, -0.25) is 4.90 Å². The summed E-state index contributed by atoms with van der Waals surface area (Å²) in [7, 11) is 2.29. The van der Waals surface area contributed by atoms with Crippen LogP contribution in [-0.4, -0.2) is 42.0 Å². The monoisotopic (exact) mass is 230 g/mol. The second-order valence-corrected chi connectivity index (χ2v) is 5.50. The van der Waals surface area contributed by atoms with Crippen LogP contribution < -0.4 is 0 Å². The first kappa shape index (κ1) is 11.2. The minimum absolute atomic E-state index is 0.800. The maximum atomic E-state index is 2.69. The van der Waals surface area contributed by atoms with Gasteiger partial charge in [-0.1, -0.05) is 30.3 Å². The van der Waals surface area contributed by atoms with Crippen LogP contribution in [0, 0.1) is 0 Å². The number of hydrogen-bond donors (Lipinski definition) is 0. The highest BCUT2D eigenvalue weighted by atomic mass is 15.3. The highest BCUT2D eigenvalue weighted by Gasteiger charge is 2.38. The Morgan fingerprint density at radius 2 is 1.88 bits per heavy atom. The molecule has 0 saturated carbocycles. The molecule has 0 amide bonds. The molecule has 1 aromatic carbocycles. The lowest BCUT2D eigenvalue weighted by Crippen LogP contribution is -2.47. The van der Waals surface area contributed by atoms with Crippen molar-refractivity contribution in [1.29, 1.82) is 0 Å². The van der Waals surface area contributed by atoms with Crippen LogP contribution in [0.25, 0.3) is 0 Å². The summed E-state index contributed by atoms with van der Waals surface area (Å²) in [4.78, 5) is 5.26. The van der Waals surface area contributed by atoms with Crippen molar-refractivity contribution in [3.05, 3.63) is 35.9 Å². The Hall–Kier alpha value is -0.860. The molecule has 0 aliphatic carbocycles. The highest BCUT2D eigenvalue weighted by molar-refractivity contribution is 5.15. The Balaban J connectivity index is 1.69. The average Bonchev–Trinajstić information content (AvgIpc) is 2.76. The van der Waals surface area contributed by atoms with Crippen LogP contribution >= 0.6 is 0 Å². The van der Waals surface area contributed by atoms with Gasteiger partial charge in [-0.2, -0.15) is 0 Å².